The molecule has 1 unspecified atom stereocenters. The van der Waals surface area contributed by atoms with Gasteiger partial charge in [0.2, 0.25) is 0 Å². The van der Waals surface area contributed by atoms with E-state index in [2.05, 4.69) is 0 Å². The zero-order valence-corrected chi connectivity index (χ0v) is 12.2. The van der Waals surface area contributed by atoms with E-state index in [-0.39, 0.29) is 17.9 Å². The maximum absolute atomic E-state index is 11.6. The molecular formula is C13H25NO3S. The molecule has 0 saturated heterocycles. The molecule has 0 radical (unpaired) electrons. The molecule has 4 nitrogen and oxygen atoms in total. The standard InChI is InChI=1S/C13H25NO3S/c1-3-17-12(15)11-4-6-13(16,7-5-11)9-18-8-10(2)14/h10-11,16H,3-9,14H2,1-2H3. The highest BCUT2D eigenvalue weighted by Crippen LogP contribution is 2.35. The maximum Gasteiger partial charge on any atom is 0.308 e. The van der Waals surface area contributed by atoms with Crippen molar-refractivity contribution in [1.82, 2.24) is 0 Å². The van der Waals surface area contributed by atoms with Crippen molar-refractivity contribution in [1.29, 1.82) is 0 Å². The summed E-state index contributed by atoms with van der Waals surface area (Å²) in [6.45, 7) is 4.22. The van der Waals surface area contributed by atoms with Crippen LogP contribution in [0, 0.1) is 5.92 Å². The Kier molecular flexibility index (Phi) is 6.46. The highest BCUT2D eigenvalue weighted by atomic mass is 32.2. The number of rotatable bonds is 6. The van der Waals surface area contributed by atoms with Crippen LogP contribution in [-0.2, 0) is 9.53 Å². The predicted molar refractivity (Wildman–Crippen MR) is 74.5 cm³/mol. The van der Waals surface area contributed by atoms with Gasteiger partial charge in [0.15, 0.2) is 0 Å². The van der Waals surface area contributed by atoms with Gasteiger partial charge < -0.3 is 15.6 Å². The Morgan fingerprint density at radius 3 is 2.67 bits per heavy atom. The van der Waals surface area contributed by atoms with Crippen molar-refractivity contribution < 1.29 is 14.6 Å². The summed E-state index contributed by atoms with van der Waals surface area (Å²) in [5, 5.41) is 10.4. The van der Waals surface area contributed by atoms with Crippen LogP contribution in [0.4, 0.5) is 0 Å². The number of hydrogen-bond donors (Lipinski definition) is 2. The second-order valence-electron chi connectivity index (χ2n) is 5.24. The molecule has 0 aromatic rings. The summed E-state index contributed by atoms with van der Waals surface area (Å²) in [5.41, 5.74) is 5.06. The lowest BCUT2D eigenvalue weighted by Crippen LogP contribution is -2.39. The van der Waals surface area contributed by atoms with E-state index in [1.807, 2.05) is 13.8 Å². The molecule has 1 aliphatic rings. The average Bonchev–Trinajstić information content (AvgIpc) is 2.29. The van der Waals surface area contributed by atoms with Crippen LogP contribution in [-0.4, -0.2) is 40.8 Å². The van der Waals surface area contributed by atoms with E-state index in [1.165, 1.54) is 0 Å². The van der Waals surface area contributed by atoms with E-state index < -0.39 is 5.60 Å². The van der Waals surface area contributed by atoms with Crippen LogP contribution in [0.2, 0.25) is 0 Å². The molecule has 5 heteroatoms. The fourth-order valence-electron chi connectivity index (χ4n) is 2.23. The number of hydrogen-bond acceptors (Lipinski definition) is 5. The fourth-order valence-corrected chi connectivity index (χ4v) is 3.39. The average molecular weight is 275 g/mol. The fraction of sp³-hybridized carbons (Fsp3) is 0.923. The van der Waals surface area contributed by atoms with Gasteiger partial charge >= 0.3 is 5.97 Å². The molecular weight excluding hydrogens is 250 g/mol. The summed E-state index contributed by atoms with van der Waals surface area (Å²) in [7, 11) is 0. The molecule has 1 saturated carbocycles. The minimum atomic E-state index is -0.622. The van der Waals surface area contributed by atoms with Crippen LogP contribution in [0.25, 0.3) is 0 Å². The molecule has 1 rings (SSSR count). The summed E-state index contributed by atoms with van der Waals surface area (Å²) in [6.07, 6.45) is 2.83. The van der Waals surface area contributed by atoms with Gasteiger partial charge in [-0.3, -0.25) is 4.79 Å². The Morgan fingerprint density at radius 2 is 2.17 bits per heavy atom. The summed E-state index contributed by atoms with van der Waals surface area (Å²) < 4.78 is 5.02. The predicted octanol–water partition coefficient (Wildman–Crippen LogP) is 1.55. The SMILES string of the molecule is CCOC(=O)C1CCC(O)(CSCC(C)N)CC1. The van der Waals surface area contributed by atoms with Gasteiger partial charge in [-0.05, 0) is 39.5 Å². The third-order valence-electron chi connectivity index (χ3n) is 3.29. The number of carbonyl (C=O) groups excluding carboxylic acids is 1. The number of carbonyl (C=O) groups is 1. The Labute approximate surface area is 114 Å². The molecule has 1 atom stereocenters. The smallest absolute Gasteiger partial charge is 0.308 e. The molecule has 0 aromatic heterocycles. The Hall–Kier alpha value is -0.260. The van der Waals surface area contributed by atoms with Gasteiger partial charge in [-0.1, -0.05) is 0 Å². The Bertz CT molecular complexity index is 263. The molecule has 0 aliphatic heterocycles. The number of thioether (sulfide) groups is 1. The highest BCUT2D eigenvalue weighted by Gasteiger charge is 2.36. The second kappa shape index (κ2) is 7.36. The van der Waals surface area contributed by atoms with Gasteiger partial charge in [0, 0.05) is 17.5 Å². The van der Waals surface area contributed by atoms with Crippen LogP contribution >= 0.6 is 11.8 Å². The van der Waals surface area contributed by atoms with E-state index in [0.29, 0.717) is 25.2 Å². The number of ether oxygens (including phenoxy) is 1. The molecule has 18 heavy (non-hydrogen) atoms. The molecule has 106 valence electrons. The summed E-state index contributed by atoms with van der Waals surface area (Å²) in [4.78, 5) is 11.6. The monoisotopic (exact) mass is 275 g/mol. The lowest BCUT2D eigenvalue weighted by Gasteiger charge is -2.35. The summed E-state index contributed by atoms with van der Waals surface area (Å²) >= 11 is 1.70. The summed E-state index contributed by atoms with van der Waals surface area (Å²) in [5.74, 6) is 1.44. The number of esters is 1. The molecule has 1 aliphatic carbocycles. The van der Waals surface area contributed by atoms with Crippen LogP contribution in [0.1, 0.15) is 39.5 Å². The lowest BCUT2D eigenvalue weighted by atomic mass is 9.80. The zero-order valence-electron chi connectivity index (χ0n) is 11.4. The van der Waals surface area contributed by atoms with Gasteiger partial charge in [0.1, 0.15) is 0 Å². The van der Waals surface area contributed by atoms with Crippen LogP contribution in [0.5, 0.6) is 0 Å². The van der Waals surface area contributed by atoms with E-state index in [9.17, 15) is 9.90 Å². The van der Waals surface area contributed by atoms with Crippen molar-refractivity contribution in [3.05, 3.63) is 0 Å². The molecule has 0 amide bonds. The molecule has 0 bridgehead atoms. The van der Waals surface area contributed by atoms with Gasteiger partial charge in [0.25, 0.3) is 0 Å². The van der Waals surface area contributed by atoms with E-state index in [4.69, 9.17) is 10.5 Å². The normalized spacial score (nSPS) is 29.9. The first-order valence-electron chi connectivity index (χ1n) is 6.69. The largest absolute Gasteiger partial charge is 0.466 e. The highest BCUT2D eigenvalue weighted by molar-refractivity contribution is 7.99. The molecule has 0 heterocycles. The zero-order chi connectivity index (χ0) is 13.6. The number of aliphatic hydroxyl groups is 1. The van der Waals surface area contributed by atoms with Crippen molar-refractivity contribution in [2.45, 2.75) is 51.2 Å². The second-order valence-corrected chi connectivity index (χ2v) is 6.27. The van der Waals surface area contributed by atoms with Crippen molar-refractivity contribution in [2.24, 2.45) is 11.7 Å². The minimum absolute atomic E-state index is 0.0244. The molecule has 3 N–H and O–H groups in total. The van der Waals surface area contributed by atoms with Crippen molar-refractivity contribution in [2.75, 3.05) is 18.1 Å². The molecule has 0 spiro atoms. The lowest BCUT2D eigenvalue weighted by molar-refractivity contribution is -0.150. The summed E-state index contributed by atoms with van der Waals surface area (Å²) in [6, 6.07) is 0.162. The van der Waals surface area contributed by atoms with Crippen molar-refractivity contribution in [3.63, 3.8) is 0 Å². The Morgan fingerprint density at radius 1 is 1.56 bits per heavy atom. The number of nitrogens with two attached hydrogens (primary N) is 1. The van der Waals surface area contributed by atoms with Crippen LogP contribution < -0.4 is 5.73 Å². The first-order chi connectivity index (χ1) is 8.47. The maximum atomic E-state index is 11.6. The first kappa shape index (κ1) is 15.8. The molecule has 0 aromatic carbocycles. The third-order valence-corrected chi connectivity index (χ3v) is 4.79. The van der Waals surface area contributed by atoms with E-state index in [1.54, 1.807) is 11.8 Å². The first-order valence-corrected chi connectivity index (χ1v) is 7.84. The van der Waals surface area contributed by atoms with Gasteiger partial charge in [-0.25, -0.2) is 0 Å². The van der Waals surface area contributed by atoms with Crippen LogP contribution in [0.3, 0.4) is 0 Å². The van der Waals surface area contributed by atoms with Crippen molar-refractivity contribution >= 4 is 17.7 Å². The van der Waals surface area contributed by atoms with Gasteiger partial charge in [0.05, 0.1) is 18.1 Å². The van der Waals surface area contributed by atoms with Gasteiger partial charge in [-0.15, -0.1) is 0 Å². The van der Waals surface area contributed by atoms with E-state index in [0.717, 1.165) is 18.6 Å². The van der Waals surface area contributed by atoms with E-state index >= 15 is 0 Å². The molecule has 1 fully saturated rings. The Balaban J connectivity index is 2.30. The topological polar surface area (TPSA) is 72.5 Å². The quantitative estimate of drug-likeness (QED) is 0.720. The third kappa shape index (κ3) is 5.16. The van der Waals surface area contributed by atoms with Gasteiger partial charge in [-0.2, -0.15) is 11.8 Å². The van der Waals surface area contributed by atoms with Crippen LogP contribution in [0.15, 0.2) is 0 Å². The van der Waals surface area contributed by atoms with Crippen molar-refractivity contribution in [3.8, 4) is 0 Å². The minimum Gasteiger partial charge on any atom is -0.466 e.